The van der Waals surface area contributed by atoms with Crippen molar-refractivity contribution in [3.05, 3.63) is 76.7 Å². The first-order chi connectivity index (χ1) is 16.3. The summed E-state index contributed by atoms with van der Waals surface area (Å²) in [6, 6.07) is 4.16. The first kappa shape index (κ1) is 20.9. The zero-order valence-corrected chi connectivity index (χ0v) is 18.1. The van der Waals surface area contributed by atoms with Gasteiger partial charge >= 0.3 is 0 Å². The van der Waals surface area contributed by atoms with Gasteiger partial charge in [-0.15, -0.1) is 0 Å². The number of benzene rings is 1. The number of pyridine rings is 1. The highest BCUT2D eigenvalue weighted by molar-refractivity contribution is 6.01. The van der Waals surface area contributed by atoms with E-state index < -0.39 is 23.3 Å². The molecule has 0 radical (unpaired) electrons. The molecule has 0 N–H and O–H groups in total. The summed E-state index contributed by atoms with van der Waals surface area (Å²) in [5.41, 5.74) is 2.42. The van der Waals surface area contributed by atoms with E-state index in [2.05, 4.69) is 10.2 Å². The van der Waals surface area contributed by atoms with Gasteiger partial charge < -0.3 is 4.90 Å². The average Bonchev–Trinajstić information content (AvgIpc) is 3.38. The Morgan fingerprint density at radius 3 is 2.62 bits per heavy atom. The predicted octanol–water partition coefficient (Wildman–Crippen LogP) is 4.58. The molecule has 2 aliphatic rings. The van der Waals surface area contributed by atoms with Crippen LogP contribution in [0.4, 0.5) is 17.6 Å². The summed E-state index contributed by atoms with van der Waals surface area (Å²) in [5, 5.41) is 8.74. The molecule has 0 unspecified atom stereocenters. The Labute approximate surface area is 191 Å². The maximum atomic E-state index is 14.5. The van der Waals surface area contributed by atoms with Gasteiger partial charge in [-0.25, -0.2) is 22.1 Å². The van der Waals surface area contributed by atoms with Crippen LogP contribution in [0.15, 0.2) is 36.7 Å². The minimum atomic E-state index is -1.52. The predicted molar refractivity (Wildman–Crippen MR) is 114 cm³/mol. The van der Waals surface area contributed by atoms with Gasteiger partial charge in [0.15, 0.2) is 17.5 Å². The lowest BCUT2D eigenvalue weighted by Gasteiger charge is -2.45. The fraction of sp³-hybridized carbons (Fsp3) is 0.292. The molecule has 1 saturated heterocycles. The van der Waals surface area contributed by atoms with Crippen molar-refractivity contribution in [2.75, 3.05) is 0 Å². The number of carbonyl (C=O) groups is 1. The van der Waals surface area contributed by atoms with Crippen LogP contribution in [0.1, 0.15) is 46.9 Å². The second-order valence-electron chi connectivity index (χ2n) is 8.81. The lowest BCUT2D eigenvalue weighted by molar-refractivity contribution is 0.0393. The number of hydrogen-bond acceptors (Lipinski definition) is 3. The highest BCUT2D eigenvalue weighted by Crippen LogP contribution is 2.45. The largest absolute Gasteiger partial charge is 0.327 e. The van der Waals surface area contributed by atoms with Crippen LogP contribution in [0.3, 0.4) is 0 Å². The quantitative estimate of drug-likeness (QED) is 0.319. The fourth-order valence-corrected chi connectivity index (χ4v) is 5.50. The third-order valence-corrected chi connectivity index (χ3v) is 6.89. The average molecular weight is 469 g/mol. The molecule has 4 aromatic rings. The SMILES string of the molecule is Cn1nc2c(c1-c1cc(F)c(F)c(F)c1)C[C@H]1CCC[C@@H]2N1C(=O)c1cnn2cccc(F)c12. The van der Waals surface area contributed by atoms with E-state index in [9.17, 15) is 22.4 Å². The van der Waals surface area contributed by atoms with E-state index in [0.717, 1.165) is 30.5 Å². The third kappa shape index (κ3) is 2.90. The van der Waals surface area contributed by atoms with Crippen LogP contribution >= 0.6 is 0 Å². The van der Waals surface area contributed by atoms with Crippen LogP contribution < -0.4 is 0 Å². The number of aryl methyl sites for hydroxylation is 1. The summed E-state index contributed by atoms with van der Waals surface area (Å²) in [4.78, 5) is 15.4. The number of carbonyl (C=O) groups excluding carboxylic acids is 1. The van der Waals surface area contributed by atoms with Gasteiger partial charge in [0.1, 0.15) is 11.3 Å². The molecule has 1 aromatic carbocycles. The normalized spacial score (nSPS) is 19.5. The Hall–Kier alpha value is -3.69. The third-order valence-electron chi connectivity index (χ3n) is 6.89. The maximum absolute atomic E-state index is 14.5. The minimum Gasteiger partial charge on any atom is -0.327 e. The van der Waals surface area contributed by atoms with Crippen molar-refractivity contribution in [3.8, 4) is 11.3 Å². The van der Waals surface area contributed by atoms with Gasteiger partial charge in [0, 0.05) is 30.4 Å². The minimum absolute atomic E-state index is 0.121. The van der Waals surface area contributed by atoms with Crippen LogP contribution in [-0.2, 0) is 13.5 Å². The Balaban J connectivity index is 1.46. The number of nitrogens with zero attached hydrogens (tertiary/aromatic N) is 5. The Bertz CT molecular complexity index is 1450. The molecule has 5 heterocycles. The van der Waals surface area contributed by atoms with Crippen molar-refractivity contribution in [2.24, 2.45) is 7.05 Å². The van der Waals surface area contributed by atoms with E-state index in [-0.39, 0.29) is 34.6 Å². The number of rotatable bonds is 2. The van der Waals surface area contributed by atoms with Crippen LogP contribution in [-0.4, -0.2) is 36.2 Å². The molecule has 2 aliphatic heterocycles. The van der Waals surface area contributed by atoms with E-state index in [4.69, 9.17) is 0 Å². The van der Waals surface area contributed by atoms with Crippen molar-refractivity contribution in [1.82, 2.24) is 24.3 Å². The molecule has 2 atom stereocenters. The smallest absolute Gasteiger partial charge is 0.258 e. The highest BCUT2D eigenvalue weighted by Gasteiger charge is 2.44. The molecule has 174 valence electrons. The van der Waals surface area contributed by atoms with Gasteiger partial charge in [0.2, 0.25) is 0 Å². The molecule has 0 aliphatic carbocycles. The maximum Gasteiger partial charge on any atom is 0.258 e. The number of halogens is 4. The van der Waals surface area contributed by atoms with Gasteiger partial charge in [-0.3, -0.25) is 9.48 Å². The first-order valence-corrected chi connectivity index (χ1v) is 11.0. The molecule has 6 rings (SSSR count). The zero-order chi connectivity index (χ0) is 23.7. The summed E-state index contributed by atoms with van der Waals surface area (Å²) in [6.07, 6.45) is 5.63. The molecule has 10 heteroatoms. The zero-order valence-electron chi connectivity index (χ0n) is 18.1. The summed E-state index contributed by atoms with van der Waals surface area (Å²) in [5.74, 6) is -4.92. The van der Waals surface area contributed by atoms with Crippen molar-refractivity contribution >= 4 is 11.4 Å². The number of aromatic nitrogens is 4. The molecule has 0 saturated carbocycles. The molecule has 2 bridgehead atoms. The van der Waals surface area contributed by atoms with Gasteiger partial charge in [0.25, 0.3) is 5.91 Å². The van der Waals surface area contributed by atoms with E-state index in [1.807, 2.05) is 0 Å². The summed E-state index contributed by atoms with van der Waals surface area (Å²) in [6.45, 7) is 0. The lowest BCUT2D eigenvalue weighted by atomic mass is 9.81. The molecule has 3 aromatic heterocycles. The second-order valence-corrected chi connectivity index (χ2v) is 8.81. The number of hydrogen-bond donors (Lipinski definition) is 0. The second kappa shape index (κ2) is 7.41. The van der Waals surface area contributed by atoms with Crippen LogP contribution in [0, 0.1) is 23.3 Å². The van der Waals surface area contributed by atoms with Crippen molar-refractivity contribution in [1.29, 1.82) is 0 Å². The molecular formula is C24H19F4N5O. The Morgan fingerprint density at radius 1 is 1.09 bits per heavy atom. The van der Waals surface area contributed by atoms with E-state index in [1.165, 1.54) is 27.5 Å². The molecule has 6 nitrogen and oxygen atoms in total. The number of amides is 1. The van der Waals surface area contributed by atoms with Gasteiger partial charge in [-0.05, 0) is 49.9 Å². The van der Waals surface area contributed by atoms with Crippen LogP contribution in [0.5, 0.6) is 0 Å². The molecule has 1 fully saturated rings. The Morgan fingerprint density at radius 2 is 1.85 bits per heavy atom. The van der Waals surface area contributed by atoms with Gasteiger partial charge in [-0.2, -0.15) is 10.2 Å². The van der Waals surface area contributed by atoms with E-state index >= 15 is 0 Å². The summed E-state index contributed by atoms with van der Waals surface area (Å²) in [7, 11) is 1.66. The van der Waals surface area contributed by atoms with Gasteiger partial charge in [-0.1, -0.05) is 0 Å². The van der Waals surface area contributed by atoms with Crippen LogP contribution in [0.2, 0.25) is 0 Å². The fourth-order valence-electron chi connectivity index (χ4n) is 5.50. The molecule has 1 amide bonds. The molecule has 34 heavy (non-hydrogen) atoms. The standard InChI is InChI=1S/C24H19F4N5O/c1-31-22(12-8-17(26)20(28)18(27)9-12)14-10-13-4-2-6-19(21(14)30-31)33(13)24(34)15-11-29-32-7-3-5-16(25)23(15)32/h3,5,7-9,11,13,19H,2,4,6,10H2,1H3/t13-,19+/m1/s1. The van der Waals surface area contributed by atoms with Crippen molar-refractivity contribution in [3.63, 3.8) is 0 Å². The van der Waals surface area contributed by atoms with E-state index in [0.29, 0.717) is 24.2 Å². The monoisotopic (exact) mass is 469 g/mol. The first-order valence-electron chi connectivity index (χ1n) is 11.0. The summed E-state index contributed by atoms with van der Waals surface area (Å²) < 4.78 is 58.9. The van der Waals surface area contributed by atoms with E-state index in [1.54, 1.807) is 18.1 Å². The summed E-state index contributed by atoms with van der Waals surface area (Å²) >= 11 is 0. The van der Waals surface area contributed by atoms with Crippen molar-refractivity contribution < 1.29 is 22.4 Å². The topological polar surface area (TPSA) is 55.4 Å². The molecule has 0 spiro atoms. The highest BCUT2D eigenvalue weighted by atomic mass is 19.2. The lowest BCUT2D eigenvalue weighted by Crippen LogP contribution is -2.49. The number of fused-ring (bicyclic) bond motifs is 5. The van der Waals surface area contributed by atoms with Gasteiger partial charge in [0.05, 0.1) is 29.2 Å². The Kier molecular flexibility index (Phi) is 4.55. The molecular weight excluding hydrogens is 450 g/mol. The van der Waals surface area contributed by atoms with Crippen molar-refractivity contribution in [2.45, 2.75) is 37.8 Å². The van der Waals surface area contributed by atoms with Crippen LogP contribution in [0.25, 0.3) is 16.8 Å². The number of piperidine rings is 1.